The van der Waals surface area contributed by atoms with Gasteiger partial charge in [-0.05, 0) is 26.9 Å². The van der Waals surface area contributed by atoms with E-state index in [-0.39, 0.29) is 30.0 Å². The number of nitrogens with zero attached hydrogens (tertiary/aromatic N) is 3. The molecular formula is C14H29F3IN5. The first kappa shape index (κ1) is 22.7. The highest BCUT2D eigenvalue weighted by atomic mass is 127. The molecule has 9 heteroatoms. The molecule has 1 unspecified atom stereocenters. The molecule has 0 aliphatic carbocycles. The van der Waals surface area contributed by atoms with Gasteiger partial charge in [0.05, 0.1) is 13.1 Å². The van der Waals surface area contributed by atoms with Gasteiger partial charge in [-0.1, -0.05) is 6.92 Å². The van der Waals surface area contributed by atoms with Gasteiger partial charge in [-0.2, -0.15) is 13.2 Å². The van der Waals surface area contributed by atoms with Crippen molar-refractivity contribution in [3.8, 4) is 0 Å². The van der Waals surface area contributed by atoms with E-state index in [2.05, 4.69) is 27.4 Å². The minimum Gasteiger partial charge on any atom is -0.357 e. The average Bonchev–Trinajstić information content (AvgIpc) is 2.83. The molecule has 0 bridgehead atoms. The van der Waals surface area contributed by atoms with Gasteiger partial charge in [0.1, 0.15) is 0 Å². The number of hydrogen-bond acceptors (Lipinski definition) is 3. The molecule has 1 aliphatic heterocycles. The molecule has 0 spiro atoms. The van der Waals surface area contributed by atoms with E-state index in [0.29, 0.717) is 32.0 Å². The van der Waals surface area contributed by atoms with Gasteiger partial charge >= 0.3 is 6.18 Å². The number of nitrogens with one attached hydrogen (secondary N) is 2. The molecule has 5 nitrogen and oxygen atoms in total. The fourth-order valence-corrected chi connectivity index (χ4v) is 2.35. The molecule has 1 heterocycles. The number of aliphatic imine (C=N–C) groups is 1. The molecule has 23 heavy (non-hydrogen) atoms. The van der Waals surface area contributed by atoms with Gasteiger partial charge in [0.2, 0.25) is 0 Å². The Hall–Kier alpha value is -0.290. The summed E-state index contributed by atoms with van der Waals surface area (Å²) in [4.78, 5) is 8.07. The Labute approximate surface area is 154 Å². The van der Waals surface area contributed by atoms with Crippen LogP contribution in [0, 0.1) is 0 Å². The molecule has 0 aromatic carbocycles. The summed E-state index contributed by atoms with van der Waals surface area (Å²) in [6.07, 6.45) is -3.42. The van der Waals surface area contributed by atoms with E-state index in [4.69, 9.17) is 0 Å². The summed E-state index contributed by atoms with van der Waals surface area (Å²) in [6, 6.07) is 0.0176. The van der Waals surface area contributed by atoms with E-state index in [9.17, 15) is 13.2 Å². The Balaban J connectivity index is 0.00000484. The van der Waals surface area contributed by atoms with Crippen LogP contribution >= 0.6 is 24.0 Å². The maximum Gasteiger partial charge on any atom is 0.401 e. The van der Waals surface area contributed by atoms with Gasteiger partial charge in [0.25, 0.3) is 0 Å². The van der Waals surface area contributed by atoms with Crippen molar-refractivity contribution < 1.29 is 13.2 Å². The van der Waals surface area contributed by atoms with Crippen LogP contribution in [-0.4, -0.2) is 80.8 Å². The van der Waals surface area contributed by atoms with Crippen molar-refractivity contribution in [1.29, 1.82) is 0 Å². The quantitative estimate of drug-likeness (QED) is 0.352. The fraction of sp³-hybridized carbons (Fsp3) is 0.929. The number of likely N-dealkylation sites (N-methyl/N-ethyl adjacent to an activating group) is 1. The van der Waals surface area contributed by atoms with Crippen LogP contribution in [0.25, 0.3) is 0 Å². The first-order chi connectivity index (χ1) is 10.3. The predicted molar refractivity (Wildman–Crippen MR) is 98.6 cm³/mol. The van der Waals surface area contributed by atoms with Crippen LogP contribution in [0.2, 0.25) is 0 Å². The lowest BCUT2D eigenvalue weighted by atomic mass is 10.3. The van der Waals surface area contributed by atoms with Crippen molar-refractivity contribution in [2.75, 3.05) is 52.9 Å². The summed E-state index contributed by atoms with van der Waals surface area (Å²) in [5.74, 6) is 0.686. The number of rotatable bonds is 7. The third-order valence-corrected chi connectivity index (χ3v) is 3.65. The fourth-order valence-electron chi connectivity index (χ4n) is 2.35. The van der Waals surface area contributed by atoms with E-state index in [1.165, 1.54) is 4.90 Å². The summed E-state index contributed by atoms with van der Waals surface area (Å²) in [7, 11) is 2.03. The highest BCUT2D eigenvalue weighted by Crippen LogP contribution is 2.19. The van der Waals surface area contributed by atoms with Crippen molar-refractivity contribution in [3.63, 3.8) is 0 Å². The number of hydrogen-bond donors (Lipinski definition) is 2. The lowest BCUT2D eigenvalue weighted by Gasteiger charge is -2.20. The molecule has 0 radical (unpaired) electrons. The van der Waals surface area contributed by atoms with Crippen LogP contribution < -0.4 is 10.6 Å². The zero-order valence-corrected chi connectivity index (χ0v) is 16.4. The summed E-state index contributed by atoms with van der Waals surface area (Å²) < 4.78 is 37.2. The SMILES string of the molecule is CCNC(=NCCN(C)CC)NC1CCN(CC(F)(F)F)C1.I. The molecule has 0 aromatic rings. The van der Waals surface area contributed by atoms with Crippen LogP contribution in [-0.2, 0) is 0 Å². The molecule has 138 valence electrons. The van der Waals surface area contributed by atoms with E-state index in [1.807, 2.05) is 14.0 Å². The highest BCUT2D eigenvalue weighted by Gasteiger charge is 2.34. The van der Waals surface area contributed by atoms with Crippen LogP contribution in [0.3, 0.4) is 0 Å². The van der Waals surface area contributed by atoms with Crippen molar-refractivity contribution in [2.24, 2.45) is 4.99 Å². The Morgan fingerprint density at radius 3 is 2.61 bits per heavy atom. The largest absolute Gasteiger partial charge is 0.401 e. The molecule has 0 aromatic heterocycles. The molecule has 2 N–H and O–H groups in total. The van der Waals surface area contributed by atoms with Gasteiger partial charge in [-0.25, -0.2) is 0 Å². The van der Waals surface area contributed by atoms with E-state index in [0.717, 1.165) is 19.6 Å². The van der Waals surface area contributed by atoms with Crippen molar-refractivity contribution in [1.82, 2.24) is 20.4 Å². The van der Waals surface area contributed by atoms with E-state index < -0.39 is 12.7 Å². The second-order valence-corrected chi connectivity index (χ2v) is 5.64. The molecule has 0 saturated carbocycles. The van der Waals surface area contributed by atoms with Crippen LogP contribution in [0.15, 0.2) is 4.99 Å². The first-order valence-electron chi connectivity index (χ1n) is 7.86. The normalized spacial score (nSPS) is 19.8. The van der Waals surface area contributed by atoms with Gasteiger partial charge in [0, 0.05) is 32.2 Å². The second-order valence-electron chi connectivity index (χ2n) is 5.64. The summed E-state index contributed by atoms with van der Waals surface area (Å²) in [5.41, 5.74) is 0. The first-order valence-corrected chi connectivity index (χ1v) is 7.86. The molecule has 1 atom stereocenters. The Bertz CT molecular complexity index is 352. The van der Waals surface area contributed by atoms with Crippen molar-refractivity contribution in [3.05, 3.63) is 0 Å². The molecule has 1 saturated heterocycles. The standard InChI is InChI=1S/C14H28F3N5.HI/c1-4-18-13(19-7-9-21(3)5-2)20-12-6-8-22(10-12)11-14(15,16)17;/h12H,4-11H2,1-3H3,(H2,18,19,20);1H. The summed E-state index contributed by atoms with van der Waals surface area (Å²) in [6.45, 7) is 7.31. The van der Waals surface area contributed by atoms with Gasteiger partial charge in [0.15, 0.2) is 5.96 Å². The number of halogens is 4. The highest BCUT2D eigenvalue weighted by molar-refractivity contribution is 14.0. The van der Waals surface area contributed by atoms with Gasteiger partial charge in [-0.15, -0.1) is 24.0 Å². The zero-order chi connectivity index (χ0) is 16.6. The topological polar surface area (TPSA) is 42.9 Å². The van der Waals surface area contributed by atoms with E-state index in [1.54, 1.807) is 0 Å². The Morgan fingerprint density at radius 2 is 2.04 bits per heavy atom. The molecule has 1 aliphatic rings. The minimum atomic E-state index is -4.13. The van der Waals surface area contributed by atoms with Crippen molar-refractivity contribution in [2.45, 2.75) is 32.5 Å². The van der Waals surface area contributed by atoms with Crippen LogP contribution in [0.5, 0.6) is 0 Å². The number of alkyl halides is 3. The smallest absolute Gasteiger partial charge is 0.357 e. The van der Waals surface area contributed by atoms with Crippen LogP contribution in [0.4, 0.5) is 13.2 Å². The minimum absolute atomic E-state index is 0. The van der Waals surface area contributed by atoms with E-state index >= 15 is 0 Å². The maximum absolute atomic E-state index is 12.4. The lowest BCUT2D eigenvalue weighted by molar-refractivity contribution is -0.143. The average molecular weight is 451 g/mol. The predicted octanol–water partition coefficient (Wildman–Crippen LogP) is 1.75. The Morgan fingerprint density at radius 1 is 1.35 bits per heavy atom. The monoisotopic (exact) mass is 451 g/mol. The number of guanidine groups is 1. The van der Waals surface area contributed by atoms with Gasteiger partial charge < -0.3 is 15.5 Å². The Kier molecular flexibility index (Phi) is 11.2. The maximum atomic E-state index is 12.4. The molecule has 1 rings (SSSR count). The van der Waals surface area contributed by atoms with Crippen molar-refractivity contribution >= 4 is 29.9 Å². The zero-order valence-electron chi connectivity index (χ0n) is 14.1. The lowest BCUT2D eigenvalue weighted by Crippen LogP contribution is -2.45. The van der Waals surface area contributed by atoms with Gasteiger partial charge in [-0.3, -0.25) is 9.89 Å². The third kappa shape index (κ3) is 10.2. The molecular weight excluding hydrogens is 422 g/mol. The second kappa shape index (κ2) is 11.3. The molecule has 0 amide bonds. The number of likely N-dealkylation sites (tertiary alicyclic amines) is 1. The third-order valence-electron chi connectivity index (χ3n) is 3.65. The molecule has 1 fully saturated rings. The van der Waals surface area contributed by atoms with Crippen LogP contribution in [0.1, 0.15) is 20.3 Å². The summed E-state index contributed by atoms with van der Waals surface area (Å²) >= 11 is 0. The summed E-state index contributed by atoms with van der Waals surface area (Å²) in [5, 5.41) is 6.38.